The van der Waals surface area contributed by atoms with Gasteiger partial charge in [0.15, 0.2) is 0 Å². The summed E-state index contributed by atoms with van der Waals surface area (Å²) in [5, 5.41) is 0. The Morgan fingerprint density at radius 2 is 1.30 bits per heavy atom. The first kappa shape index (κ1) is 6.18. The molecule has 0 aromatic carbocycles. The van der Waals surface area contributed by atoms with E-state index in [2.05, 4.69) is 0 Å². The van der Waals surface area contributed by atoms with Crippen LogP contribution in [0.25, 0.3) is 0 Å². The molecular formula is C6H2N2O2. The van der Waals surface area contributed by atoms with Gasteiger partial charge in [-0.1, -0.05) is 12.8 Å². The van der Waals surface area contributed by atoms with Gasteiger partial charge in [-0.25, -0.2) is 9.59 Å². The van der Waals surface area contributed by atoms with Gasteiger partial charge in [0.2, 0.25) is 0 Å². The Morgan fingerprint density at radius 1 is 1.00 bits per heavy atom. The van der Waals surface area contributed by atoms with Crippen LogP contribution in [-0.4, -0.2) is 21.9 Å². The van der Waals surface area contributed by atoms with Crippen LogP contribution in [0.4, 0.5) is 9.59 Å². The number of hydrogen-bond acceptors (Lipinski definition) is 2. The standard InChI is InChI=1S/C6H2N2O2/c1-3-7-5(9)8(4-2)6(7)10/h1-2H. The molecule has 0 unspecified atom stereocenters. The highest BCUT2D eigenvalue weighted by Gasteiger charge is 2.42. The van der Waals surface area contributed by atoms with Gasteiger partial charge in [0.25, 0.3) is 0 Å². The number of urea groups is 2. The third kappa shape index (κ3) is 0.476. The lowest BCUT2D eigenvalue weighted by Gasteiger charge is -2.29. The lowest BCUT2D eigenvalue weighted by molar-refractivity contribution is 0.146. The highest BCUT2D eigenvalue weighted by atomic mass is 16.2. The lowest BCUT2D eigenvalue weighted by atomic mass is 10.5. The molecule has 1 heterocycles. The van der Waals surface area contributed by atoms with Crippen molar-refractivity contribution in [3.63, 3.8) is 0 Å². The van der Waals surface area contributed by atoms with Crippen molar-refractivity contribution >= 4 is 12.1 Å². The van der Waals surface area contributed by atoms with Crippen LogP contribution in [0.3, 0.4) is 0 Å². The highest BCUT2D eigenvalue weighted by Crippen LogP contribution is 2.12. The third-order valence-corrected chi connectivity index (χ3v) is 1.02. The van der Waals surface area contributed by atoms with E-state index in [-0.39, 0.29) is 0 Å². The predicted molar refractivity (Wildman–Crippen MR) is 32.1 cm³/mol. The summed E-state index contributed by atoms with van der Waals surface area (Å²) in [6.07, 6.45) is 9.54. The minimum absolute atomic E-state index is 0.597. The maximum atomic E-state index is 10.6. The van der Waals surface area contributed by atoms with E-state index in [9.17, 15) is 9.59 Å². The fourth-order valence-electron chi connectivity index (χ4n) is 0.540. The number of imide groups is 2. The summed E-state index contributed by atoms with van der Waals surface area (Å²) in [6.45, 7) is 0. The van der Waals surface area contributed by atoms with Crippen LogP contribution in [0.15, 0.2) is 0 Å². The molecule has 0 spiro atoms. The van der Waals surface area contributed by atoms with E-state index in [0.717, 1.165) is 0 Å². The maximum absolute atomic E-state index is 10.6. The van der Waals surface area contributed by atoms with Crippen molar-refractivity contribution in [1.82, 2.24) is 9.80 Å². The SMILES string of the molecule is C#CN1C(=O)N(C#C)C1=O. The van der Waals surface area contributed by atoms with Crippen molar-refractivity contribution < 1.29 is 9.59 Å². The van der Waals surface area contributed by atoms with Gasteiger partial charge in [-0.2, -0.15) is 9.80 Å². The van der Waals surface area contributed by atoms with E-state index >= 15 is 0 Å². The van der Waals surface area contributed by atoms with Gasteiger partial charge in [-0.3, -0.25) is 0 Å². The molecule has 4 heteroatoms. The first-order chi connectivity index (χ1) is 4.72. The Morgan fingerprint density at radius 3 is 1.50 bits per heavy atom. The number of hydrogen-bond donors (Lipinski definition) is 0. The average Bonchev–Trinajstić information content (AvgIpc) is 1.90. The van der Waals surface area contributed by atoms with Gasteiger partial charge in [0.1, 0.15) is 0 Å². The van der Waals surface area contributed by atoms with Crippen LogP contribution in [0.1, 0.15) is 0 Å². The maximum Gasteiger partial charge on any atom is 0.360 e. The zero-order chi connectivity index (χ0) is 7.72. The number of carbonyl (C=O) groups excluding carboxylic acids is 2. The van der Waals surface area contributed by atoms with Gasteiger partial charge in [0.05, 0.1) is 0 Å². The summed E-state index contributed by atoms with van der Waals surface area (Å²) in [5.74, 6) is 0. The number of terminal acetylenes is 2. The zero-order valence-electron chi connectivity index (χ0n) is 4.87. The molecule has 0 N–H and O–H groups in total. The number of rotatable bonds is 0. The van der Waals surface area contributed by atoms with E-state index in [0.29, 0.717) is 9.80 Å². The van der Waals surface area contributed by atoms with Crippen LogP contribution >= 0.6 is 0 Å². The molecule has 0 radical (unpaired) electrons. The smallest absolute Gasteiger partial charge is 0.245 e. The lowest BCUT2D eigenvalue weighted by Crippen LogP contribution is -2.59. The van der Waals surface area contributed by atoms with E-state index < -0.39 is 12.1 Å². The molecule has 10 heavy (non-hydrogen) atoms. The average molecular weight is 134 g/mol. The molecule has 1 aliphatic rings. The van der Waals surface area contributed by atoms with Gasteiger partial charge < -0.3 is 0 Å². The van der Waals surface area contributed by atoms with Crippen LogP contribution in [0.2, 0.25) is 0 Å². The Balaban J connectivity index is 2.82. The molecule has 1 aliphatic heterocycles. The number of carbonyl (C=O) groups is 2. The zero-order valence-corrected chi connectivity index (χ0v) is 4.87. The van der Waals surface area contributed by atoms with Gasteiger partial charge in [-0.15, -0.1) is 0 Å². The van der Waals surface area contributed by atoms with E-state index in [4.69, 9.17) is 12.8 Å². The molecule has 0 aliphatic carbocycles. The van der Waals surface area contributed by atoms with E-state index in [1.807, 2.05) is 12.1 Å². The van der Waals surface area contributed by atoms with Crippen LogP contribution < -0.4 is 0 Å². The Bertz CT molecular complexity index is 239. The number of amides is 4. The molecule has 48 valence electrons. The molecule has 0 aromatic heterocycles. The molecule has 0 saturated carbocycles. The van der Waals surface area contributed by atoms with Gasteiger partial charge in [0, 0.05) is 12.1 Å². The highest BCUT2D eigenvalue weighted by molar-refractivity contribution is 6.14. The van der Waals surface area contributed by atoms with E-state index in [1.165, 1.54) is 0 Å². The molecule has 0 bridgehead atoms. The Hall–Kier alpha value is -1.94. The summed E-state index contributed by atoms with van der Waals surface area (Å²) in [7, 11) is 0. The third-order valence-electron chi connectivity index (χ3n) is 1.02. The summed E-state index contributed by atoms with van der Waals surface area (Å²) in [6, 6.07) is 2.44. The van der Waals surface area contributed by atoms with Crippen molar-refractivity contribution in [2.45, 2.75) is 0 Å². The van der Waals surface area contributed by atoms with Crippen molar-refractivity contribution in [3.8, 4) is 24.9 Å². The van der Waals surface area contributed by atoms with Crippen molar-refractivity contribution in [1.29, 1.82) is 0 Å². The monoisotopic (exact) mass is 134 g/mol. The first-order valence-electron chi connectivity index (χ1n) is 2.33. The molecule has 1 fully saturated rings. The molecule has 0 atom stereocenters. The second kappa shape index (κ2) is 1.78. The fraction of sp³-hybridized carbons (Fsp3) is 0. The summed E-state index contributed by atoms with van der Waals surface area (Å²) in [4.78, 5) is 22.4. The van der Waals surface area contributed by atoms with Crippen LogP contribution in [-0.2, 0) is 0 Å². The normalized spacial score (nSPS) is 15.8. The molecule has 0 aromatic rings. The Kier molecular flexibility index (Phi) is 1.10. The second-order valence-electron chi connectivity index (χ2n) is 1.49. The largest absolute Gasteiger partial charge is 0.360 e. The van der Waals surface area contributed by atoms with Gasteiger partial charge >= 0.3 is 12.1 Å². The first-order valence-corrected chi connectivity index (χ1v) is 2.33. The minimum Gasteiger partial charge on any atom is -0.245 e. The molecule has 1 rings (SSSR count). The summed E-state index contributed by atoms with van der Waals surface area (Å²) in [5.41, 5.74) is 0. The van der Waals surface area contributed by atoms with Crippen molar-refractivity contribution in [2.24, 2.45) is 0 Å². The van der Waals surface area contributed by atoms with Crippen molar-refractivity contribution in [2.75, 3.05) is 0 Å². The number of nitrogens with zero attached hydrogens (tertiary/aromatic N) is 2. The summed E-state index contributed by atoms with van der Waals surface area (Å²) < 4.78 is 0. The molecular weight excluding hydrogens is 132 g/mol. The van der Waals surface area contributed by atoms with E-state index in [1.54, 1.807) is 0 Å². The van der Waals surface area contributed by atoms with Crippen LogP contribution in [0.5, 0.6) is 0 Å². The summed E-state index contributed by atoms with van der Waals surface area (Å²) >= 11 is 0. The van der Waals surface area contributed by atoms with Crippen molar-refractivity contribution in [3.05, 3.63) is 0 Å². The fourth-order valence-corrected chi connectivity index (χ4v) is 0.540. The minimum atomic E-state index is -0.644. The molecule has 4 nitrogen and oxygen atoms in total. The van der Waals surface area contributed by atoms with Crippen LogP contribution in [0, 0.1) is 24.9 Å². The predicted octanol–water partition coefficient (Wildman–Crippen LogP) is 0.0254. The second-order valence-corrected chi connectivity index (χ2v) is 1.49. The topological polar surface area (TPSA) is 40.6 Å². The van der Waals surface area contributed by atoms with Gasteiger partial charge in [-0.05, 0) is 0 Å². The molecule has 4 amide bonds. The quantitative estimate of drug-likeness (QED) is 0.438. The Labute approximate surface area is 57.4 Å². The molecule has 1 saturated heterocycles.